The number of ether oxygens (including phenoxy) is 1. The van der Waals surface area contributed by atoms with E-state index in [0.29, 0.717) is 31.2 Å². The first-order chi connectivity index (χ1) is 18.4. The highest BCUT2D eigenvalue weighted by Crippen LogP contribution is 2.49. The predicted molar refractivity (Wildman–Crippen MR) is 146 cm³/mol. The number of carbonyl (C=O) groups excluding carboxylic acids is 2. The van der Waals surface area contributed by atoms with Gasteiger partial charge in [0.25, 0.3) is 5.91 Å². The van der Waals surface area contributed by atoms with Crippen LogP contribution in [0.3, 0.4) is 0 Å². The maximum Gasteiger partial charge on any atom is 0.328 e. The van der Waals surface area contributed by atoms with Gasteiger partial charge in [0.1, 0.15) is 5.75 Å². The van der Waals surface area contributed by atoms with Crippen molar-refractivity contribution in [3.63, 3.8) is 0 Å². The van der Waals surface area contributed by atoms with E-state index < -0.39 is 5.54 Å². The topological polar surface area (TPSA) is 78.9 Å². The second-order valence-corrected chi connectivity index (χ2v) is 10.4. The molecule has 1 fully saturated rings. The molecule has 0 saturated carbocycles. The molecule has 5 rings (SSSR count). The molecule has 8 heteroatoms. The van der Waals surface area contributed by atoms with E-state index in [4.69, 9.17) is 4.74 Å². The normalized spacial score (nSPS) is 19.0. The van der Waals surface area contributed by atoms with Gasteiger partial charge in [0.2, 0.25) is 0 Å². The Morgan fingerprint density at radius 1 is 1.05 bits per heavy atom. The van der Waals surface area contributed by atoms with Gasteiger partial charge in [-0.2, -0.15) is 0 Å². The first-order valence-corrected chi connectivity index (χ1v) is 13.4. The molecule has 1 saturated heterocycles. The van der Waals surface area contributed by atoms with Crippen LogP contribution in [0.25, 0.3) is 0 Å². The zero-order valence-corrected chi connectivity index (χ0v) is 22.3. The van der Waals surface area contributed by atoms with E-state index in [1.54, 1.807) is 23.5 Å². The predicted octanol–water partition coefficient (Wildman–Crippen LogP) is 4.99. The van der Waals surface area contributed by atoms with Crippen LogP contribution in [-0.2, 0) is 23.4 Å². The van der Waals surface area contributed by atoms with Crippen molar-refractivity contribution in [3.8, 4) is 5.75 Å². The van der Waals surface area contributed by atoms with E-state index in [1.807, 2.05) is 48.5 Å². The summed E-state index contributed by atoms with van der Waals surface area (Å²) < 4.78 is 5.98. The third-order valence-corrected chi connectivity index (χ3v) is 7.19. The summed E-state index contributed by atoms with van der Waals surface area (Å²) in [5, 5.41) is 0. The van der Waals surface area contributed by atoms with Gasteiger partial charge in [-0.05, 0) is 42.2 Å². The van der Waals surface area contributed by atoms with Crippen molar-refractivity contribution in [1.29, 1.82) is 0 Å². The number of benzene rings is 1. The molecule has 38 heavy (non-hydrogen) atoms. The molecule has 0 radical (unpaired) electrons. The Morgan fingerprint density at radius 3 is 2.63 bits per heavy atom. The van der Waals surface area contributed by atoms with Crippen molar-refractivity contribution in [1.82, 2.24) is 19.8 Å². The van der Waals surface area contributed by atoms with Crippen molar-refractivity contribution in [2.24, 2.45) is 5.92 Å². The highest BCUT2D eigenvalue weighted by Gasteiger charge is 2.60. The summed E-state index contributed by atoms with van der Waals surface area (Å²) in [7, 11) is 0. The number of rotatable bonds is 9. The number of anilines is 1. The third-order valence-electron chi connectivity index (χ3n) is 7.19. The number of imide groups is 1. The highest BCUT2D eigenvalue weighted by molar-refractivity contribution is 6.08. The second-order valence-electron chi connectivity index (χ2n) is 10.4. The average molecular weight is 514 g/mol. The van der Waals surface area contributed by atoms with Crippen LogP contribution >= 0.6 is 0 Å². The molecule has 4 heterocycles. The molecule has 2 aromatic heterocycles. The Balaban J connectivity index is 1.62. The molecule has 1 unspecified atom stereocenters. The van der Waals surface area contributed by atoms with Gasteiger partial charge in [-0.1, -0.05) is 39.0 Å². The number of fused-ring (bicyclic) bond motifs is 2. The number of amides is 3. The van der Waals surface area contributed by atoms with Crippen LogP contribution < -0.4 is 9.64 Å². The minimum atomic E-state index is -1.12. The number of pyridine rings is 2. The maximum absolute atomic E-state index is 14.4. The lowest BCUT2D eigenvalue weighted by atomic mass is 9.80. The number of nitrogens with zero attached hydrogens (tertiary/aromatic N) is 5. The Hall–Kier alpha value is -3.94. The first kappa shape index (κ1) is 25.7. The number of hydrogen-bond acceptors (Lipinski definition) is 6. The minimum Gasteiger partial charge on any atom is -0.494 e. The highest BCUT2D eigenvalue weighted by atomic mass is 16.5. The van der Waals surface area contributed by atoms with Gasteiger partial charge >= 0.3 is 6.03 Å². The maximum atomic E-state index is 14.4. The molecular formula is C30H35N5O3. The number of hydrogen-bond donors (Lipinski definition) is 0. The van der Waals surface area contributed by atoms with Crippen molar-refractivity contribution in [3.05, 3.63) is 83.9 Å². The van der Waals surface area contributed by atoms with Gasteiger partial charge in [0, 0.05) is 55.4 Å². The molecule has 198 valence electrons. The van der Waals surface area contributed by atoms with Gasteiger partial charge in [-0.25, -0.2) is 4.79 Å². The van der Waals surface area contributed by atoms with E-state index in [0.717, 1.165) is 35.5 Å². The van der Waals surface area contributed by atoms with Crippen LogP contribution in [0.2, 0.25) is 0 Å². The fraction of sp³-hybridized carbons (Fsp3) is 0.400. The lowest BCUT2D eigenvalue weighted by Crippen LogP contribution is -2.53. The average Bonchev–Trinajstić information content (AvgIpc) is 3.11. The quantitative estimate of drug-likeness (QED) is 0.375. The monoisotopic (exact) mass is 513 g/mol. The van der Waals surface area contributed by atoms with Gasteiger partial charge in [0.15, 0.2) is 5.54 Å². The van der Waals surface area contributed by atoms with Gasteiger partial charge < -0.3 is 14.5 Å². The lowest BCUT2D eigenvalue weighted by Gasteiger charge is -2.45. The van der Waals surface area contributed by atoms with E-state index in [2.05, 4.69) is 35.6 Å². The second kappa shape index (κ2) is 10.8. The van der Waals surface area contributed by atoms with E-state index in [-0.39, 0.29) is 25.0 Å². The van der Waals surface area contributed by atoms with Gasteiger partial charge in [-0.3, -0.25) is 19.7 Å². The van der Waals surface area contributed by atoms with Crippen LogP contribution in [0.1, 0.15) is 50.4 Å². The zero-order chi connectivity index (χ0) is 26.7. The first-order valence-electron chi connectivity index (χ1n) is 13.4. The van der Waals surface area contributed by atoms with Crippen molar-refractivity contribution in [2.45, 2.75) is 52.2 Å². The lowest BCUT2D eigenvalue weighted by molar-refractivity contribution is -0.134. The molecule has 1 aromatic carbocycles. The largest absolute Gasteiger partial charge is 0.494 e. The summed E-state index contributed by atoms with van der Waals surface area (Å²) in [4.78, 5) is 42.5. The zero-order valence-electron chi connectivity index (χ0n) is 22.3. The fourth-order valence-corrected chi connectivity index (χ4v) is 5.52. The summed E-state index contributed by atoms with van der Waals surface area (Å²) in [5.74, 6) is 1.01. The Bertz CT molecular complexity index is 1280. The fourth-order valence-electron chi connectivity index (χ4n) is 5.52. The van der Waals surface area contributed by atoms with Crippen LogP contribution in [0, 0.1) is 5.92 Å². The summed E-state index contributed by atoms with van der Waals surface area (Å²) in [5.41, 5.74) is 2.23. The van der Waals surface area contributed by atoms with Crippen LogP contribution in [0.5, 0.6) is 5.75 Å². The van der Waals surface area contributed by atoms with E-state index >= 15 is 0 Å². The molecule has 1 atom stereocenters. The Morgan fingerprint density at radius 2 is 1.92 bits per heavy atom. The summed E-state index contributed by atoms with van der Waals surface area (Å²) in [6.07, 6.45) is 6.56. The number of urea groups is 1. The summed E-state index contributed by atoms with van der Waals surface area (Å²) in [6, 6.07) is 15.0. The van der Waals surface area contributed by atoms with Gasteiger partial charge in [0.05, 0.1) is 25.4 Å². The smallest absolute Gasteiger partial charge is 0.328 e. The molecule has 1 spiro atoms. The molecule has 2 aliphatic heterocycles. The van der Waals surface area contributed by atoms with E-state index in [1.165, 1.54) is 4.90 Å². The minimum absolute atomic E-state index is 0.131. The molecule has 0 aliphatic carbocycles. The number of aromatic nitrogens is 2. The molecule has 8 nitrogen and oxygen atoms in total. The Labute approximate surface area is 224 Å². The molecule has 0 bridgehead atoms. The summed E-state index contributed by atoms with van der Waals surface area (Å²) in [6.45, 7) is 9.00. The number of carbonyl (C=O) groups is 2. The molecule has 0 N–H and O–H groups in total. The summed E-state index contributed by atoms with van der Waals surface area (Å²) >= 11 is 0. The van der Waals surface area contributed by atoms with Crippen LogP contribution in [0.4, 0.5) is 10.5 Å². The van der Waals surface area contributed by atoms with E-state index in [9.17, 15) is 9.59 Å². The SMILES string of the molecule is CCCOc1ccc2c(c1)N(CC(C)C)CCC21C(=O)N(Cc2ccccn2)C(=O)N1Cc1cccnc1. The standard InChI is InChI=1S/C30H35N5O3/c1-4-16-38-25-10-11-26-27(17-25)33(19-22(2)3)15-12-30(26)28(36)34(21-24-9-5-6-14-32-24)29(37)35(30)20-23-8-7-13-31-18-23/h5-11,13-14,17-18,22H,4,12,15-16,19-21H2,1-3H3. The molecular weight excluding hydrogens is 478 g/mol. The molecule has 3 amide bonds. The molecule has 3 aromatic rings. The third kappa shape index (κ3) is 4.71. The molecule has 2 aliphatic rings. The van der Waals surface area contributed by atoms with Crippen molar-refractivity contribution >= 4 is 17.6 Å². The van der Waals surface area contributed by atoms with Crippen LogP contribution in [0.15, 0.2) is 67.1 Å². The van der Waals surface area contributed by atoms with Gasteiger partial charge in [-0.15, -0.1) is 0 Å². The van der Waals surface area contributed by atoms with Crippen molar-refractivity contribution < 1.29 is 14.3 Å². The van der Waals surface area contributed by atoms with Crippen molar-refractivity contribution in [2.75, 3.05) is 24.6 Å². The Kier molecular flexibility index (Phi) is 7.31. The van der Waals surface area contributed by atoms with Crippen LogP contribution in [-0.4, -0.2) is 51.4 Å².